The van der Waals surface area contributed by atoms with Crippen LogP contribution in [-0.2, 0) is 4.79 Å². The number of β-lactam (4-membered cyclic amide) rings is 1. The van der Waals surface area contributed by atoms with E-state index in [9.17, 15) is 18.7 Å². The first kappa shape index (κ1) is 24.6. The number of hydrogen-bond acceptors (Lipinski definition) is 2. The van der Waals surface area contributed by atoms with Gasteiger partial charge in [0, 0.05) is 5.69 Å². The van der Waals surface area contributed by atoms with Crippen molar-refractivity contribution in [3.63, 3.8) is 0 Å². The van der Waals surface area contributed by atoms with E-state index in [1.165, 1.54) is 24.3 Å². The summed E-state index contributed by atoms with van der Waals surface area (Å²) >= 11 is 0. The van der Waals surface area contributed by atoms with Crippen molar-refractivity contribution in [2.75, 3.05) is 4.90 Å². The summed E-state index contributed by atoms with van der Waals surface area (Å²) in [7, 11) is 0. The van der Waals surface area contributed by atoms with E-state index in [-0.39, 0.29) is 29.5 Å². The Morgan fingerprint density at radius 3 is 1.92 bits per heavy atom. The van der Waals surface area contributed by atoms with E-state index in [1.54, 1.807) is 35.2 Å². The van der Waals surface area contributed by atoms with Crippen LogP contribution in [0.1, 0.15) is 41.7 Å². The fraction of sp³-hybridized carbons (Fsp3) is 0.156. The van der Waals surface area contributed by atoms with Crippen molar-refractivity contribution in [3.05, 3.63) is 132 Å². The molecule has 4 aromatic rings. The number of aliphatic hydroxyl groups excluding tert-OH is 1. The van der Waals surface area contributed by atoms with Crippen molar-refractivity contribution in [1.29, 1.82) is 0 Å². The zero-order valence-electron chi connectivity index (χ0n) is 20.2. The number of benzene rings is 4. The second kappa shape index (κ2) is 10.5. The Kier molecular flexibility index (Phi) is 6.97. The number of amides is 1. The largest absolute Gasteiger partial charge is 0.388 e. The van der Waals surface area contributed by atoms with Crippen LogP contribution in [0.2, 0.25) is 0 Å². The van der Waals surface area contributed by atoms with Gasteiger partial charge in [0.15, 0.2) is 0 Å². The molecule has 1 amide bonds. The van der Waals surface area contributed by atoms with Gasteiger partial charge < -0.3 is 10.0 Å². The lowest BCUT2D eigenvalue weighted by Crippen LogP contribution is -2.55. The number of hydrogen-bond donors (Lipinski definition) is 1. The average Bonchev–Trinajstić information content (AvgIpc) is 2.93. The highest BCUT2D eigenvalue weighted by Crippen LogP contribution is 2.46. The maximum absolute atomic E-state index is 13.6. The van der Waals surface area contributed by atoms with Crippen LogP contribution in [0.15, 0.2) is 104 Å². The molecule has 4 aromatic carbocycles. The molecule has 37 heavy (non-hydrogen) atoms. The minimum absolute atomic E-state index is 0.0630. The predicted octanol–water partition coefficient (Wildman–Crippen LogP) is 7.49. The lowest BCUT2D eigenvalue weighted by molar-refractivity contribution is -0.131. The van der Waals surface area contributed by atoms with Crippen LogP contribution < -0.4 is 4.90 Å². The van der Waals surface area contributed by atoms with Gasteiger partial charge in [0.25, 0.3) is 0 Å². The van der Waals surface area contributed by atoms with E-state index < -0.39 is 6.10 Å². The lowest BCUT2D eigenvalue weighted by Gasteiger charge is -2.48. The maximum Gasteiger partial charge on any atom is 0.233 e. The molecule has 1 heterocycles. The number of carbonyl (C=O) groups excluding carboxylic acids is 1. The van der Waals surface area contributed by atoms with Crippen LogP contribution in [-0.4, -0.2) is 11.0 Å². The zero-order valence-corrected chi connectivity index (χ0v) is 20.2. The van der Waals surface area contributed by atoms with Crippen molar-refractivity contribution in [2.24, 2.45) is 5.92 Å². The molecule has 0 bridgehead atoms. The molecule has 3 nitrogen and oxygen atoms in total. The second-order valence-electron chi connectivity index (χ2n) is 9.33. The van der Waals surface area contributed by atoms with Crippen LogP contribution in [0.3, 0.4) is 0 Å². The van der Waals surface area contributed by atoms with Crippen molar-refractivity contribution in [2.45, 2.75) is 25.0 Å². The quantitative estimate of drug-likeness (QED) is 0.257. The third kappa shape index (κ3) is 5.09. The van der Waals surface area contributed by atoms with Gasteiger partial charge >= 0.3 is 0 Å². The van der Waals surface area contributed by atoms with Gasteiger partial charge in [0.05, 0.1) is 18.1 Å². The molecule has 0 radical (unpaired) electrons. The van der Waals surface area contributed by atoms with Crippen molar-refractivity contribution in [1.82, 2.24) is 0 Å². The third-order valence-corrected chi connectivity index (χ3v) is 7.06. The Bertz CT molecular complexity index is 1380. The lowest BCUT2D eigenvalue weighted by atomic mass is 9.78. The van der Waals surface area contributed by atoms with Gasteiger partial charge in [0.2, 0.25) is 5.91 Å². The summed E-state index contributed by atoms with van der Waals surface area (Å²) in [5.41, 5.74) is 5.41. The summed E-state index contributed by atoms with van der Waals surface area (Å²) in [6.07, 6.45) is 1.83. The number of anilines is 1. The molecule has 1 saturated heterocycles. The Morgan fingerprint density at radius 1 is 0.811 bits per heavy atom. The average molecular weight is 496 g/mol. The van der Waals surface area contributed by atoms with E-state index in [0.717, 1.165) is 22.3 Å². The fourth-order valence-corrected chi connectivity index (χ4v) is 4.97. The molecule has 0 unspecified atom stereocenters. The first-order valence-corrected chi connectivity index (χ1v) is 12.3. The summed E-state index contributed by atoms with van der Waals surface area (Å²) in [5, 5.41) is 10.6. The van der Waals surface area contributed by atoms with Gasteiger partial charge in [0.1, 0.15) is 11.6 Å². The molecule has 5 heteroatoms. The molecule has 3 atom stereocenters. The van der Waals surface area contributed by atoms with E-state index in [1.807, 2.05) is 48.5 Å². The van der Waals surface area contributed by atoms with Crippen LogP contribution >= 0.6 is 0 Å². The predicted molar refractivity (Wildman–Crippen MR) is 143 cm³/mol. The molecule has 1 aliphatic rings. The minimum atomic E-state index is -0.796. The Morgan fingerprint density at radius 2 is 1.35 bits per heavy atom. The molecule has 0 aliphatic carbocycles. The van der Waals surface area contributed by atoms with Crippen LogP contribution in [0.25, 0.3) is 17.2 Å². The monoisotopic (exact) mass is 495 g/mol. The third-order valence-electron chi connectivity index (χ3n) is 7.06. The van der Waals surface area contributed by atoms with Gasteiger partial charge in [-0.25, -0.2) is 8.78 Å². The van der Waals surface area contributed by atoms with Crippen LogP contribution in [0.4, 0.5) is 14.5 Å². The first-order chi connectivity index (χ1) is 17.9. The number of nitrogens with zero attached hydrogens (tertiary/aromatic N) is 1. The standard InChI is InChI=1S/C32H27F2NO2/c1-2-21-3-5-22(6-4-21)23-7-9-25(10-8-23)31-29(19-20-30(36)24-11-13-26(33)14-12-24)32(37)35(31)28-17-15-27(34)16-18-28/h2-18,29-31,36H,1,19-20H2/t29-,30+,31-/m1/s1. The molecule has 1 aliphatic heterocycles. The highest BCUT2D eigenvalue weighted by molar-refractivity contribution is 6.03. The van der Waals surface area contributed by atoms with Gasteiger partial charge in [-0.15, -0.1) is 0 Å². The summed E-state index contributed by atoms with van der Waals surface area (Å²) in [6, 6.07) is 27.7. The molecule has 0 spiro atoms. The minimum Gasteiger partial charge on any atom is -0.388 e. The first-order valence-electron chi connectivity index (χ1n) is 12.3. The van der Waals surface area contributed by atoms with Gasteiger partial charge in [-0.05, 0) is 77.1 Å². The van der Waals surface area contributed by atoms with E-state index in [2.05, 4.69) is 6.58 Å². The van der Waals surface area contributed by atoms with E-state index in [0.29, 0.717) is 24.1 Å². The van der Waals surface area contributed by atoms with E-state index in [4.69, 9.17) is 0 Å². The topological polar surface area (TPSA) is 40.5 Å². The Hall–Kier alpha value is -4.09. The smallest absolute Gasteiger partial charge is 0.233 e. The van der Waals surface area contributed by atoms with Crippen molar-refractivity contribution >= 4 is 17.7 Å². The maximum atomic E-state index is 13.6. The zero-order chi connectivity index (χ0) is 25.9. The fourth-order valence-electron chi connectivity index (χ4n) is 4.97. The molecule has 0 saturated carbocycles. The molecule has 1 N–H and O–H groups in total. The SMILES string of the molecule is C=Cc1ccc(-c2ccc([C@@H]3[C@@H](CC[C@H](O)c4ccc(F)cc4)C(=O)N3c3ccc(F)cc3)cc2)cc1. The Labute approximate surface area is 215 Å². The number of rotatable bonds is 8. The van der Waals surface area contributed by atoms with Crippen molar-refractivity contribution < 1.29 is 18.7 Å². The van der Waals surface area contributed by atoms with Crippen molar-refractivity contribution in [3.8, 4) is 11.1 Å². The summed E-state index contributed by atoms with van der Waals surface area (Å²) in [6.45, 7) is 3.79. The van der Waals surface area contributed by atoms with Gasteiger partial charge in [-0.1, -0.05) is 73.3 Å². The summed E-state index contributed by atoms with van der Waals surface area (Å²) < 4.78 is 26.8. The molecule has 1 fully saturated rings. The van der Waals surface area contributed by atoms with Crippen LogP contribution in [0.5, 0.6) is 0 Å². The molecule has 186 valence electrons. The normalized spacial score (nSPS) is 17.8. The van der Waals surface area contributed by atoms with Crippen LogP contribution in [0, 0.1) is 17.6 Å². The number of halogens is 2. The molecule has 0 aromatic heterocycles. The Balaban J connectivity index is 1.39. The molecular formula is C32H27F2NO2. The second-order valence-corrected chi connectivity index (χ2v) is 9.33. The molecular weight excluding hydrogens is 468 g/mol. The number of aliphatic hydroxyl groups is 1. The van der Waals surface area contributed by atoms with Gasteiger partial charge in [-0.3, -0.25) is 4.79 Å². The summed E-state index contributed by atoms with van der Waals surface area (Å²) in [5.74, 6) is -1.12. The van der Waals surface area contributed by atoms with E-state index >= 15 is 0 Å². The number of carbonyl (C=O) groups is 1. The highest BCUT2D eigenvalue weighted by atomic mass is 19.1. The summed E-state index contributed by atoms with van der Waals surface area (Å²) in [4.78, 5) is 15.0. The molecule has 5 rings (SSSR count). The highest BCUT2D eigenvalue weighted by Gasteiger charge is 2.48. The van der Waals surface area contributed by atoms with Gasteiger partial charge in [-0.2, -0.15) is 0 Å².